The lowest BCUT2D eigenvalue weighted by molar-refractivity contribution is 0.0947. The van der Waals surface area contributed by atoms with E-state index in [0.717, 1.165) is 0 Å². The van der Waals surface area contributed by atoms with Crippen LogP contribution < -0.4 is 11.1 Å². The van der Waals surface area contributed by atoms with Gasteiger partial charge in [-0.2, -0.15) is 5.26 Å². The lowest BCUT2D eigenvalue weighted by Crippen LogP contribution is -2.35. The van der Waals surface area contributed by atoms with Crippen molar-refractivity contribution in [1.82, 2.24) is 10.3 Å². The van der Waals surface area contributed by atoms with Crippen molar-refractivity contribution in [3.8, 4) is 6.07 Å². The number of amides is 1. The van der Waals surface area contributed by atoms with Gasteiger partial charge in [0, 0.05) is 18.8 Å². The normalized spacial score (nSPS) is 11.5. The quantitative estimate of drug-likeness (QED) is 0.726. The molecule has 0 aliphatic rings. The van der Waals surface area contributed by atoms with Gasteiger partial charge in [0.2, 0.25) is 0 Å². The maximum atomic E-state index is 11.4. The van der Waals surface area contributed by atoms with Crippen LogP contribution in [0, 0.1) is 11.3 Å². The number of aromatic nitrogens is 1. The number of pyridine rings is 1. The monoisotopic (exact) mass is 204 g/mol. The van der Waals surface area contributed by atoms with Crippen molar-refractivity contribution in [2.75, 3.05) is 6.54 Å². The zero-order chi connectivity index (χ0) is 11.3. The molecule has 0 aromatic carbocycles. The first-order valence-electron chi connectivity index (χ1n) is 4.53. The van der Waals surface area contributed by atoms with E-state index in [-0.39, 0.29) is 17.6 Å². The summed E-state index contributed by atoms with van der Waals surface area (Å²) < 4.78 is 0. The topological polar surface area (TPSA) is 91.8 Å². The predicted molar refractivity (Wildman–Crippen MR) is 54.9 cm³/mol. The third-order valence-corrected chi connectivity index (χ3v) is 1.71. The molecule has 0 aliphatic heterocycles. The van der Waals surface area contributed by atoms with Crippen LogP contribution in [0.1, 0.15) is 23.0 Å². The van der Waals surface area contributed by atoms with Gasteiger partial charge in [0.05, 0.1) is 5.56 Å². The number of carbonyl (C=O) groups excluding carboxylic acids is 1. The van der Waals surface area contributed by atoms with Crippen molar-refractivity contribution in [2.24, 2.45) is 5.73 Å². The van der Waals surface area contributed by atoms with Crippen molar-refractivity contribution in [1.29, 1.82) is 5.26 Å². The summed E-state index contributed by atoms with van der Waals surface area (Å²) in [5, 5.41) is 11.2. The van der Waals surface area contributed by atoms with Gasteiger partial charge < -0.3 is 11.1 Å². The van der Waals surface area contributed by atoms with Crippen molar-refractivity contribution in [2.45, 2.75) is 13.0 Å². The van der Waals surface area contributed by atoms with Gasteiger partial charge in [-0.1, -0.05) is 0 Å². The van der Waals surface area contributed by atoms with E-state index in [0.29, 0.717) is 12.1 Å². The van der Waals surface area contributed by atoms with Gasteiger partial charge in [0.1, 0.15) is 11.8 Å². The van der Waals surface area contributed by atoms with Gasteiger partial charge in [-0.3, -0.25) is 4.79 Å². The van der Waals surface area contributed by atoms with Crippen molar-refractivity contribution >= 4 is 5.91 Å². The minimum atomic E-state index is -0.281. The van der Waals surface area contributed by atoms with Crippen molar-refractivity contribution in [3.05, 3.63) is 29.6 Å². The molecule has 78 valence electrons. The molecule has 0 saturated carbocycles. The van der Waals surface area contributed by atoms with Crippen LogP contribution in [0.25, 0.3) is 0 Å². The Morgan fingerprint density at radius 2 is 2.47 bits per heavy atom. The molecule has 1 atom stereocenters. The summed E-state index contributed by atoms with van der Waals surface area (Å²) in [6, 6.07) is 4.90. The molecule has 0 spiro atoms. The Hall–Kier alpha value is -1.93. The molecule has 1 amide bonds. The maximum absolute atomic E-state index is 11.4. The number of nitrogens with two attached hydrogens (primary N) is 1. The molecule has 1 heterocycles. The molecule has 5 heteroatoms. The van der Waals surface area contributed by atoms with E-state index in [9.17, 15) is 4.79 Å². The molecule has 3 N–H and O–H groups in total. The van der Waals surface area contributed by atoms with Crippen molar-refractivity contribution in [3.63, 3.8) is 0 Å². The fourth-order valence-corrected chi connectivity index (χ4v) is 0.939. The largest absolute Gasteiger partial charge is 0.349 e. The number of nitrogens with one attached hydrogen (secondary N) is 1. The lowest BCUT2D eigenvalue weighted by Gasteiger charge is -2.06. The molecule has 1 rings (SSSR count). The van der Waals surface area contributed by atoms with E-state index in [1.54, 1.807) is 13.0 Å². The van der Waals surface area contributed by atoms with Crippen LogP contribution in [0.15, 0.2) is 18.3 Å². The van der Waals surface area contributed by atoms with Crippen LogP contribution in [0.5, 0.6) is 0 Å². The highest BCUT2D eigenvalue weighted by molar-refractivity contribution is 5.92. The van der Waals surface area contributed by atoms with E-state index in [2.05, 4.69) is 10.3 Å². The van der Waals surface area contributed by atoms with Gasteiger partial charge in [0.25, 0.3) is 5.91 Å². The molecular weight excluding hydrogens is 192 g/mol. The van der Waals surface area contributed by atoms with Crippen molar-refractivity contribution < 1.29 is 4.79 Å². The maximum Gasteiger partial charge on any atom is 0.269 e. The molecular formula is C10H12N4O. The third kappa shape index (κ3) is 3.37. The molecule has 1 aromatic rings. The zero-order valence-corrected chi connectivity index (χ0v) is 8.40. The Morgan fingerprint density at radius 1 is 1.73 bits per heavy atom. The van der Waals surface area contributed by atoms with Crippen LogP contribution in [0.2, 0.25) is 0 Å². The van der Waals surface area contributed by atoms with Gasteiger partial charge in [0.15, 0.2) is 0 Å². The summed E-state index contributed by atoms with van der Waals surface area (Å²) >= 11 is 0. The molecule has 0 aliphatic carbocycles. The first kappa shape index (κ1) is 11.1. The number of nitriles is 1. The Balaban J connectivity index is 2.63. The minimum absolute atomic E-state index is 0.0904. The second-order valence-electron chi connectivity index (χ2n) is 3.23. The summed E-state index contributed by atoms with van der Waals surface area (Å²) in [6.07, 6.45) is 1.36. The molecule has 0 radical (unpaired) electrons. The highest BCUT2D eigenvalue weighted by Gasteiger charge is 2.06. The fourth-order valence-electron chi connectivity index (χ4n) is 0.939. The molecule has 1 aromatic heterocycles. The SMILES string of the molecule is CC(N)CNC(=O)c1ccc(C#N)cn1. The Morgan fingerprint density at radius 3 is 2.93 bits per heavy atom. The molecule has 5 nitrogen and oxygen atoms in total. The molecule has 0 saturated heterocycles. The summed E-state index contributed by atoms with van der Waals surface area (Å²) in [5.74, 6) is -0.281. The highest BCUT2D eigenvalue weighted by Crippen LogP contribution is 1.98. The summed E-state index contributed by atoms with van der Waals surface area (Å²) in [4.78, 5) is 15.3. The Bertz CT molecular complexity index is 377. The first-order valence-corrected chi connectivity index (χ1v) is 4.53. The fraction of sp³-hybridized carbons (Fsp3) is 0.300. The van der Waals surface area contributed by atoms with Crippen LogP contribution in [-0.2, 0) is 0 Å². The minimum Gasteiger partial charge on any atom is -0.349 e. The van der Waals surface area contributed by atoms with E-state index in [1.165, 1.54) is 12.3 Å². The summed E-state index contributed by atoms with van der Waals surface area (Å²) in [7, 11) is 0. The smallest absolute Gasteiger partial charge is 0.269 e. The van der Waals surface area contributed by atoms with E-state index >= 15 is 0 Å². The highest BCUT2D eigenvalue weighted by atomic mass is 16.1. The number of hydrogen-bond acceptors (Lipinski definition) is 4. The van der Waals surface area contributed by atoms with E-state index in [4.69, 9.17) is 11.0 Å². The van der Waals surface area contributed by atoms with Gasteiger partial charge in [-0.15, -0.1) is 0 Å². The number of hydrogen-bond donors (Lipinski definition) is 2. The second kappa shape index (κ2) is 5.08. The van der Waals surface area contributed by atoms with Gasteiger partial charge in [-0.05, 0) is 19.1 Å². The molecule has 0 fully saturated rings. The number of nitrogens with zero attached hydrogens (tertiary/aromatic N) is 2. The summed E-state index contributed by atoms with van der Waals surface area (Å²) in [5.41, 5.74) is 6.20. The Labute approximate surface area is 87.9 Å². The standard InChI is InChI=1S/C10H12N4O/c1-7(12)5-14-10(15)9-3-2-8(4-11)6-13-9/h2-3,6-7H,5,12H2,1H3,(H,14,15). The number of carbonyl (C=O) groups is 1. The van der Waals surface area contributed by atoms with Crippen LogP contribution >= 0.6 is 0 Å². The van der Waals surface area contributed by atoms with Crippen LogP contribution in [0.3, 0.4) is 0 Å². The lowest BCUT2D eigenvalue weighted by atomic mass is 10.2. The van der Waals surface area contributed by atoms with Gasteiger partial charge in [-0.25, -0.2) is 4.98 Å². The average molecular weight is 204 g/mol. The van der Waals surface area contributed by atoms with Crippen LogP contribution in [-0.4, -0.2) is 23.5 Å². The van der Waals surface area contributed by atoms with E-state index in [1.807, 2.05) is 6.07 Å². The summed E-state index contributed by atoms with van der Waals surface area (Å²) in [6.45, 7) is 2.20. The third-order valence-electron chi connectivity index (χ3n) is 1.71. The Kier molecular flexibility index (Phi) is 3.77. The molecule has 1 unspecified atom stereocenters. The van der Waals surface area contributed by atoms with Gasteiger partial charge >= 0.3 is 0 Å². The average Bonchev–Trinajstić information content (AvgIpc) is 2.26. The predicted octanol–water partition coefficient (Wildman–Crippen LogP) is 0.0303. The molecule has 0 bridgehead atoms. The van der Waals surface area contributed by atoms with Crippen LogP contribution in [0.4, 0.5) is 0 Å². The van der Waals surface area contributed by atoms with E-state index < -0.39 is 0 Å². The molecule has 15 heavy (non-hydrogen) atoms. The number of rotatable bonds is 3. The zero-order valence-electron chi connectivity index (χ0n) is 8.40. The second-order valence-corrected chi connectivity index (χ2v) is 3.23. The first-order chi connectivity index (χ1) is 7.13.